The van der Waals surface area contributed by atoms with Gasteiger partial charge in [-0.05, 0) is 39.0 Å². The predicted molar refractivity (Wildman–Crippen MR) is 192 cm³/mol. The molecule has 0 aliphatic heterocycles. The van der Waals surface area contributed by atoms with Crippen LogP contribution in [0.25, 0.3) is 0 Å². The summed E-state index contributed by atoms with van der Waals surface area (Å²) in [7, 11) is 1.24. The van der Waals surface area contributed by atoms with E-state index in [1.54, 1.807) is 24.3 Å². The van der Waals surface area contributed by atoms with Crippen LogP contribution in [0, 0.1) is 12.3 Å². The average molecular weight is 748 g/mol. The Balaban J connectivity index is 1.53. The number of amides is 2. The number of hydrogen-bond donors (Lipinski definition) is 2. The number of hydrogen-bond acceptors (Lipinski definition) is 14. The van der Waals surface area contributed by atoms with Crippen molar-refractivity contribution in [2.24, 2.45) is 0 Å². The highest BCUT2D eigenvalue weighted by Crippen LogP contribution is 2.24. The van der Waals surface area contributed by atoms with Crippen molar-refractivity contribution in [1.82, 2.24) is 15.6 Å². The molecule has 2 N–H and O–H groups in total. The molecule has 16 heteroatoms. The molecule has 0 saturated carbocycles. The number of carbonyl (C=O) groups excluding carboxylic acids is 3. The maximum absolute atomic E-state index is 12.7. The van der Waals surface area contributed by atoms with Gasteiger partial charge in [0.2, 0.25) is 5.88 Å². The Morgan fingerprint density at radius 3 is 1.94 bits per heavy atom. The molecule has 0 aliphatic carbocycles. The fourth-order valence-corrected chi connectivity index (χ4v) is 3.90. The molecule has 0 spiro atoms. The molecule has 2 aromatic rings. The smallest absolute Gasteiger partial charge is 0.330 e. The van der Waals surface area contributed by atoms with Crippen LogP contribution in [-0.4, -0.2) is 141 Å². The number of nitrogens with one attached hydrogen (secondary N) is 2. The third-order valence-electron chi connectivity index (χ3n) is 6.48. The highest BCUT2D eigenvalue weighted by atomic mass is 16.6. The molecule has 0 aliphatic rings. The second-order valence-corrected chi connectivity index (χ2v) is 11.9. The van der Waals surface area contributed by atoms with Crippen molar-refractivity contribution in [2.75, 3.05) is 106 Å². The summed E-state index contributed by atoms with van der Waals surface area (Å²) in [5, 5.41) is 5.33. The Labute approximate surface area is 311 Å². The zero-order chi connectivity index (χ0) is 38.6. The molecule has 1 atom stereocenters. The standard InChI is InChI=1S/C37H53N3O13/c1-6-13-45-15-17-47-19-21-49-23-24-50-22-20-48-18-16-46-14-12-38-33(41)28-51-30-8-7-9-31(25-30)53-34-11-10-29(26-39-34)35(42)40-32(36(43)44-5)27-52-37(2,3)4/h1,7-11,25-26,32H,12-24,27-28H2,2-5H3,(H,38,41)(H,40,42). The van der Waals surface area contributed by atoms with E-state index in [0.29, 0.717) is 90.7 Å². The van der Waals surface area contributed by atoms with Crippen LogP contribution in [0.5, 0.6) is 17.4 Å². The Kier molecular flexibility index (Phi) is 23.1. The number of carbonyl (C=O) groups is 3. The van der Waals surface area contributed by atoms with E-state index >= 15 is 0 Å². The highest BCUT2D eigenvalue weighted by Gasteiger charge is 2.25. The summed E-state index contributed by atoms with van der Waals surface area (Å²) in [6.45, 7) is 10.6. The average Bonchev–Trinajstić information content (AvgIpc) is 3.14. The van der Waals surface area contributed by atoms with E-state index in [2.05, 4.69) is 21.5 Å². The fraction of sp³-hybridized carbons (Fsp3) is 0.568. The van der Waals surface area contributed by atoms with Crippen molar-refractivity contribution >= 4 is 17.8 Å². The first-order valence-electron chi connectivity index (χ1n) is 17.2. The van der Waals surface area contributed by atoms with Crippen molar-refractivity contribution in [2.45, 2.75) is 32.4 Å². The van der Waals surface area contributed by atoms with Gasteiger partial charge in [0, 0.05) is 24.9 Å². The molecule has 2 amide bonds. The Bertz CT molecular complexity index is 1360. The Morgan fingerprint density at radius 1 is 0.811 bits per heavy atom. The predicted octanol–water partition coefficient (Wildman–Crippen LogP) is 2.19. The maximum Gasteiger partial charge on any atom is 0.330 e. The summed E-state index contributed by atoms with van der Waals surface area (Å²) in [5.74, 6) is 1.96. The van der Waals surface area contributed by atoms with Crippen LogP contribution in [-0.2, 0) is 47.5 Å². The quantitative estimate of drug-likeness (QED) is 0.0703. The minimum atomic E-state index is -0.990. The van der Waals surface area contributed by atoms with Gasteiger partial charge < -0.3 is 58.0 Å². The van der Waals surface area contributed by atoms with Crippen LogP contribution in [0.3, 0.4) is 0 Å². The number of methoxy groups -OCH3 is 1. The first-order chi connectivity index (χ1) is 25.6. The number of aromatic nitrogens is 1. The second kappa shape index (κ2) is 27.3. The van der Waals surface area contributed by atoms with Gasteiger partial charge >= 0.3 is 5.97 Å². The molecule has 0 bridgehead atoms. The highest BCUT2D eigenvalue weighted by molar-refractivity contribution is 5.96. The normalized spacial score (nSPS) is 11.7. The summed E-state index contributed by atoms with van der Waals surface area (Å²) >= 11 is 0. The van der Waals surface area contributed by atoms with Gasteiger partial charge in [-0.2, -0.15) is 0 Å². The molecule has 0 radical (unpaired) electrons. The van der Waals surface area contributed by atoms with Crippen LogP contribution in [0.4, 0.5) is 0 Å². The Morgan fingerprint density at radius 2 is 1.40 bits per heavy atom. The molecule has 0 fully saturated rings. The van der Waals surface area contributed by atoms with E-state index in [0.717, 1.165) is 0 Å². The second-order valence-electron chi connectivity index (χ2n) is 11.9. The van der Waals surface area contributed by atoms with E-state index in [1.807, 2.05) is 20.8 Å². The first-order valence-corrected chi connectivity index (χ1v) is 17.2. The molecule has 2 rings (SSSR count). The lowest BCUT2D eigenvalue weighted by Gasteiger charge is -2.23. The van der Waals surface area contributed by atoms with Crippen LogP contribution in [0.2, 0.25) is 0 Å². The van der Waals surface area contributed by atoms with Gasteiger partial charge in [-0.25, -0.2) is 9.78 Å². The van der Waals surface area contributed by atoms with Gasteiger partial charge in [0.1, 0.15) is 18.1 Å². The van der Waals surface area contributed by atoms with Gasteiger partial charge in [0.15, 0.2) is 12.6 Å². The monoisotopic (exact) mass is 747 g/mol. The van der Waals surface area contributed by atoms with Crippen LogP contribution in [0.1, 0.15) is 31.1 Å². The number of terminal acetylenes is 1. The van der Waals surface area contributed by atoms with E-state index in [4.69, 9.17) is 53.8 Å². The van der Waals surface area contributed by atoms with Gasteiger partial charge in [0.05, 0.1) is 97.6 Å². The van der Waals surface area contributed by atoms with Crippen molar-refractivity contribution in [3.8, 4) is 29.7 Å². The summed E-state index contributed by atoms with van der Waals surface area (Å²) in [4.78, 5) is 41.3. The van der Waals surface area contributed by atoms with E-state index in [9.17, 15) is 14.4 Å². The largest absolute Gasteiger partial charge is 0.484 e. The van der Waals surface area contributed by atoms with Crippen LogP contribution in [0.15, 0.2) is 42.6 Å². The fourth-order valence-electron chi connectivity index (χ4n) is 3.90. The number of rotatable bonds is 29. The van der Waals surface area contributed by atoms with E-state index in [-0.39, 0.29) is 37.2 Å². The third-order valence-corrected chi connectivity index (χ3v) is 6.48. The molecule has 1 unspecified atom stereocenters. The van der Waals surface area contributed by atoms with Crippen molar-refractivity contribution in [1.29, 1.82) is 0 Å². The molecular formula is C37H53N3O13. The molecule has 16 nitrogen and oxygen atoms in total. The van der Waals surface area contributed by atoms with Gasteiger partial charge in [-0.3, -0.25) is 9.59 Å². The topological polar surface area (TPSA) is 180 Å². The number of esters is 1. The number of nitrogens with zero attached hydrogens (tertiary/aromatic N) is 1. The van der Waals surface area contributed by atoms with Gasteiger partial charge in [-0.15, -0.1) is 6.42 Å². The lowest BCUT2D eigenvalue weighted by Crippen LogP contribution is -2.46. The zero-order valence-corrected chi connectivity index (χ0v) is 31.1. The minimum absolute atomic E-state index is 0.0530. The lowest BCUT2D eigenvalue weighted by atomic mass is 10.2. The maximum atomic E-state index is 12.7. The molecule has 1 aromatic heterocycles. The summed E-state index contributed by atoms with van der Waals surface area (Å²) < 4.78 is 54.0. The first kappa shape index (κ1) is 44.8. The van der Waals surface area contributed by atoms with Gasteiger partial charge in [0.25, 0.3) is 11.8 Å². The van der Waals surface area contributed by atoms with Crippen molar-refractivity contribution < 1.29 is 61.8 Å². The van der Waals surface area contributed by atoms with Gasteiger partial charge in [-0.1, -0.05) is 12.0 Å². The van der Waals surface area contributed by atoms with E-state index < -0.39 is 23.5 Å². The lowest BCUT2D eigenvalue weighted by molar-refractivity contribution is -0.146. The molecule has 1 heterocycles. The SMILES string of the molecule is C#CCOCCOCCOCCOCCOCCOCCNC(=O)COc1cccc(Oc2ccc(C(=O)NC(COC(C)(C)C)C(=O)OC)cn2)c1. The van der Waals surface area contributed by atoms with Crippen LogP contribution >= 0.6 is 0 Å². The zero-order valence-electron chi connectivity index (χ0n) is 31.1. The summed E-state index contributed by atoms with van der Waals surface area (Å²) in [6.07, 6.45) is 6.41. The molecule has 0 saturated heterocycles. The summed E-state index contributed by atoms with van der Waals surface area (Å²) in [5.41, 5.74) is -0.297. The molecule has 294 valence electrons. The summed E-state index contributed by atoms with van der Waals surface area (Å²) in [6, 6.07) is 8.72. The number of benzene rings is 1. The number of pyridine rings is 1. The molecule has 1 aromatic carbocycles. The Hall–Kier alpha value is -4.34. The minimum Gasteiger partial charge on any atom is -0.484 e. The molecular weight excluding hydrogens is 694 g/mol. The number of ether oxygens (including phenoxy) is 10. The van der Waals surface area contributed by atoms with Crippen molar-refractivity contribution in [3.63, 3.8) is 0 Å². The van der Waals surface area contributed by atoms with E-state index in [1.165, 1.54) is 25.4 Å². The third kappa shape index (κ3) is 22.4. The van der Waals surface area contributed by atoms with Crippen LogP contribution < -0.4 is 20.1 Å². The van der Waals surface area contributed by atoms with Crippen molar-refractivity contribution in [3.05, 3.63) is 48.2 Å². The molecule has 53 heavy (non-hydrogen) atoms.